The first kappa shape index (κ1) is 13.1. The Labute approximate surface area is 111 Å². The van der Waals surface area contributed by atoms with E-state index in [0.29, 0.717) is 12.4 Å². The Morgan fingerprint density at radius 1 is 1.29 bits per heavy atom. The van der Waals surface area contributed by atoms with Crippen LogP contribution in [0.3, 0.4) is 0 Å². The van der Waals surface area contributed by atoms with E-state index in [1.54, 1.807) is 18.2 Å². The van der Waals surface area contributed by atoms with Crippen molar-refractivity contribution in [1.29, 1.82) is 0 Å². The second-order valence-corrected chi connectivity index (χ2v) is 6.61. The zero-order chi connectivity index (χ0) is 12.5. The van der Waals surface area contributed by atoms with Crippen LogP contribution in [-0.4, -0.2) is 31.2 Å². The summed E-state index contributed by atoms with van der Waals surface area (Å²) in [5.74, 6) is 0.292. The molecule has 0 bridgehead atoms. The molecule has 1 aromatic carbocycles. The lowest BCUT2D eigenvalue weighted by Crippen LogP contribution is -2.34. The summed E-state index contributed by atoms with van der Waals surface area (Å²) in [5.41, 5.74) is 0. The molecule has 0 spiro atoms. The normalized spacial score (nSPS) is 16.4. The molecule has 3 nitrogen and oxygen atoms in total. The SMILES string of the molecule is O=S(=O)(c1ccccc1Cl)N(CCCl)C1CC1. The van der Waals surface area contributed by atoms with Crippen LogP contribution in [0.15, 0.2) is 29.2 Å². The lowest BCUT2D eigenvalue weighted by molar-refractivity contribution is 0.422. The van der Waals surface area contributed by atoms with Crippen LogP contribution in [0.5, 0.6) is 0 Å². The van der Waals surface area contributed by atoms with Crippen LogP contribution in [0.2, 0.25) is 5.02 Å². The van der Waals surface area contributed by atoms with Crippen LogP contribution in [0, 0.1) is 0 Å². The summed E-state index contributed by atoms with van der Waals surface area (Å²) in [5, 5.41) is 0.257. The van der Waals surface area contributed by atoms with Crippen LogP contribution in [0.25, 0.3) is 0 Å². The number of sulfonamides is 1. The molecule has 0 aliphatic heterocycles. The lowest BCUT2D eigenvalue weighted by atomic mass is 10.4. The van der Waals surface area contributed by atoms with Gasteiger partial charge in [-0.3, -0.25) is 0 Å². The highest BCUT2D eigenvalue weighted by atomic mass is 35.5. The molecule has 6 heteroatoms. The average Bonchev–Trinajstić information content (AvgIpc) is 3.10. The molecule has 17 heavy (non-hydrogen) atoms. The number of nitrogens with zero attached hydrogens (tertiary/aromatic N) is 1. The lowest BCUT2D eigenvalue weighted by Gasteiger charge is -2.21. The highest BCUT2D eigenvalue weighted by Crippen LogP contribution is 2.33. The van der Waals surface area contributed by atoms with Crippen LogP contribution in [-0.2, 0) is 10.0 Å². The predicted octanol–water partition coefficient (Wildman–Crippen LogP) is 2.73. The number of benzene rings is 1. The van der Waals surface area contributed by atoms with Crippen molar-refractivity contribution in [2.45, 2.75) is 23.8 Å². The highest BCUT2D eigenvalue weighted by Gasteiger charge is 2.38. The molecular formula is C11H13Cl2NO2S. The van der Waals surface area contributed by atoms with Crippen LogP contribution >= 0.6 is 23.2 Å². The molecule has 0 N–H and O–H groups in total. The van der Waals surface area contributed by atoms with E-state index in [4.69, 9.17) is 23.2 Å². The van der Waals surface area contributed by atoms with E-state index in [0.717, 1.165) is 12.8 Å². The fraction of sp³-hybridized carbons (Fsp3) is 0.455. The van der Waals surface area contributed by atoms with E-state index in [-0.39, 0.29) is 16.0 Å². The monoisotopic (exact) mass is 293 g/mol. The van der Waals surface area contributed by atoms with Crippen molar-refractivity contribution in [3.8, 4) is 0 Å². The molecule has 2 rings (SSSR count). The number of hydrogen-bond acceptors (Lipinski definition) is 2. The number of halogens is 2. The minimum Gasteiger partial charge on any atom is -0.207 e. The summed E-state index contributed by atoms with van der Waals surface area (Å²) in [6.07, 6.45) is 1.81. The average molecular weight is 294 g/mol. The quantitative estimate of drug-likeness (QED) is 0.783. The van der Waals surface area contributed by atoms with Crippen molar-refractivity contribution in [1.82, 2.24) is 4.31 Å². The van der Waals surface area contributed by atoms with Crippen molar-refractivity contribution in [3.63, 3.8) is 0 Å². The Bertz CT molecular complexity index is 500. The van der Waals surface area contributed by atoms with E-state index in [2.05, 4.69) is 0 Å². The Kier molecular flexibility index (Phi) is 3.98. The zero-order valence-corrected chi connectivity index (χ0v) is 11.5. The second kappa shape index (κ2) is 5.14. The largest absolute Gasteiger partial charge is 0.244 e. The van der Waals surface area contributed by atoms with Gasteiger partial charge in [-0.25, -0.2) is 8.42 Å². The molecule has 0 unspecified atom stereocenters. The molecule has 1 fully saturated rings. The Morgan fingerprint density at radius 3 is 2.47 bits per heavy atom. The molecule has 0 radical (unpaired) electrons. The van der Waals surface area contributed by atoms with Gasteiger partial charge in [0.05, 0.1) is 5.02 Å². The van der Waals surface area contributed by atoms with Crippen LogP contribution in [0.4, 0.5) is 0 Å². The summed E-state index contributed by atoms with van der Waals surface area (Å²) in [6.45, 7) is 0.333. The number of alkyl halides is 1. The summed E-state index contributed by atoms with van der Waals surface area (Å²) in [7, 11) is -3.51. The van der Waals surface area contributed by atoms with Gasteiger partial charge >= 0.3 is 0 Å². The van der Waals surface area contributed by atoms with E-state index in [1.165, 1.54) is 10.4 Å². The van der Waals surface area contributed by atoms with Gasteiger partial charge in [-0.15, -0.1) is 11.6 Å². The van der Waals surface area contributed by atoms with E-state index in [1.807, 2.05) is 0 Å². The molecule has 1 aliphatic carbocycles. The van der Waals surface area contributed by atoms with Gasteiger partial charge in [0.1, 0.15) is 4.90 Å². The standard InChI is InChI=1S/C11H13Cl2NO2S/c12-7-8-14(9-5-6-9)17(15,16)11-4-2-1-3-10(11)13/h1-4,9H,5-8H2. The van der Waals surface area contributed by atoms with E-state index >= 15 is 0 Å². The fourth-order valence-corrected chi connectivity index (χ4v) is 4.19. The number of hydrogen-bond donors (Lipinski definition) is 0. The smallest absolute Gasteiger partial charge is 0.207 e. The first-order valence-electron chi connectivity index (χ1n) is 5.39. The third-order valence-corrected chi connectivity index (χ3v) is 5.30. The topological polar surface area (TPSA) is 37.4 Å². The summed E-state index contributed by atoms with van der Waals surface area (Å²) in [6, 6.07) is 6.59. The fourth-order valence-electron chi connectivity index (χ4n) is 1.73. The minimum atomic E-state index is -3.51. The van der Waals surface area contributed by atoms with Gasteiger partial charge in [-0.05, 0) is 25.0 Å². The summed E-state index contributed by atoms with van der Waals surface area (Å²) >= 11 is 11.6. The number of rotatable bonds is 5. The molecule has 0 amide bonds. The molecule has 94 valence electrons. The first-order chi connectivity index (χ1) is 8.07. The van der Waals surface area contributed by atoms with Crippen molar-refractivity contribution in [3.05, 3.63) is 29.3 Å². The van der Waals surface area contributed by atoms with Crippen molar-refractivity contribution < 1.29 is 8.42 Å². The van der Waals surface area contributed by atoms with Gasteiger partial charge in [-0.1, -0.05) is 23.7 Å². The minimum absolute atomic E-state index is 0.0926. The highest BCUT2D eigenvalue weighted by molar-refractivity contribution is 7.89. The Hall–Kier alpha value is -0.290. The van der Waals surface area contributed by atoms with Crippen molar-refractivity contribution >= 4 is 33.2 Å². The van der Waals surface area contributed by atoms with Gasteiger partial charge in [0.25, 0.3) is 0 Å². The molecule has 0 aromatic heterocycles. The zero-order valence-electron chi connectivity index (χ0n) is 9.14. The van der Waals surface area contributed by atoms with E-state index in [9.17, 15) is 8.42 Å². The Morgan fingerprint density at radius 2 is 1.94 bits per heavy atom. The Balaban J connectivity index is 2.37. The van der Waals surface area contributed by atoms with Gasteiger partial charge in [0, 0.05) is 18.5 Å². The van der Waals surface area contributed by atoms with Gasteiger partial charge in [-0.2, -0.15) is 4.31 Å². The third-order valence-electron chi connectivity index (χ3n) is 2.68. The molecule has 0 saturated heterocycles. The van der Waals surface area contributed by atoms with Gasteiger partial charge in [0.2, 0.25) is 10.0 Å². The van der Waals surface area contributed by atoms with Crippen LogP contribution in [0.1, 0.15) is 12.8 Å². The molecular weight excluding hydrogens is 281 g/mol. The maximum atomic E-state index is 12.4. The molecule has 1 aliphatic rings. The summed E-state index contributed by atoms with van der Waals surface area (Å²) in [4.78, 5) is 0.165. The molecule has 0 heterocycles. The summed E-state index contributed by atoms with van der Waals surface area (Å²) < 4.78 is 26.3. The molecule has 0 atom stereocenters. The van der Waals surface area contributed by atoms with Gasteiger partial charge in [0.15, 0.2) is 0 Å². The van der Waals surface area contributed by atoms with Crippen LogP contribution < -0.4 is 0 Å². The maximum Gasteiger partial charge on any atom is 0.244 e. The van der Waals surface area contributed by atoms with Gasteiger partial charge < -0.3 is 0 Å². The first-order valence-corrected chi connectivity index (χ1v) is 7.75. The molecule has 1 saturated carbocycles. The maximum absolute atomic E-state index is 12.4. The second-order valence-electron chi connectivity index (χ2n) is 3.97. The molecule has 1 aromatic rings. The van der Waals surface area contributed by atoms with Crippen molar-refractivity contribution in [2.75, 3.05) is 12.4 Å². The predicted molar refractivity (Wildman–Crippen MR) is 69.1 cm³/mol. The van der Waals surface area contributed by atoms with Crippen molar-refractivity contribution in [2.24, 2.45) is 0 Å². The third kappa shape index (κ3) is 2.76. The van der Waals surface area contributed by atoms with E-state index < -0.39 is 10.0 Å².